The summed E-state index contributed by atoms with van der Waals surface area (Å²) in [6.45, 7) is 6.06. The molecule has 2 unspecified atom stereocenters. The number of hydrogen-bond acceptors (Lipinski definition) is 4. The molecule has 0 aromatic carbocycles. The lowest BCUT2D eigenvalue weighted by atomic mass is 9.93. The number of piperidine rings is 1. The first kappa shape index (κ1) is 19.7. The average Bonchev–Trinajstić information content (AvgIpc) is 3.04. The van der Waals surface area contributed by atoms with Crippen molar-refractivity contribution in [1.29, 1.82) is 0 Å². The molecule has 2 rings (SSSR count). The second-order valence-electron chi connectivity index (χ2n) is 6.27. The van der Waals surface area contributed by atoms with Crippen LogP contribution in [0, 0.1) is 5.92 Å². The highest BCUT2D eigenvalue weighted by atomic mass is 35.5. The number of hydrogen-bond donors (Lipinski definition) is 1. The second kappa shape index (κ2) is 10.4. The predicted molar refractivity (Wildman–Crippen MR) is 89.5 cm³/mol. The Morgan fingerprint density at radius 2 is 2.09 bits per heavy atom. The molecule has 5 nitrogen and oxygen atoms in total. The third-order valence-electron chi connectivity index (χ3n) is 4.63. The first-order valence-corrected chi connectivity index (χ1v) is 8.37. The van der Waals surface area contributed by atoms with Gasteiger partial charge in [-0.1, -0.05) is 0 Å². The molecule has 2 aliphatic rings. The van der Waals surface area contributed by atoms with Crippen molar-refractivity contribution < 1.29 is 14.3 Å². The monoisotopic (exact) mass is 334 g/mol. The van der Waals surface area contributed by atoms with E-state index in [4.69, 9.17) is 9.47 Å². The van der Waals surface area contributed by atoms with E-state index in [0.717, 1.165) is 57.8 Å². The van der Waals surface area contributed by atoms with Gasteiger partial charge in [-0.3, -0.25) is 4.79 Å². The van der Waals surface area contributed by atoms with Gasteiger partial charge in [-0.2, -0.15) is 0 Å². The summed E-state index contributed by atoms with van der Waals surface area (Å²) in [5.41, 5.74) is 0. The number of rotatable bonds is 7. The van der Waals surface area contributed by atoms with Gasteiger partial charge < -0.3 is 19.7 Å². The summed E-state index contributed by atoms with van der Waals surface area (Å²) in [7, 11) is 1.99. The molecule has 1 amide bonds. The van der Waals surface area contributed by atoms with E-state index < -0.39 is 0 Å². The van der Waals surface area contributed by atoms with Gasteiger partial charge in [-0.25, -0.2) is 0 Å². The van der Waals surface area contributed by atoms with Crippen LogP contribution in [0.3, 0.4) is 0 Å². The fourth-order valence-corrected chi connectivity index (χ4v) is 3.15. The standard InChI is InChI=1S/C16H30N2O3.ClH/c1-13(21-12-15-4-3-11-20-15)16(19)18-9-6-14(7-10-18)5-8-17-2;/h13-15,17H,3-12H2,1-2H3;1H. The summed E-state index contributed by atoms with van der Waals surface area (Å²) in [6.07, 6.45) is 5.45. The molecule has 0 saturated carbocycles. The Kier molecular flexibility index (Phi) is 9.33. The molecule has 0 aliphatic carbocycles. The van der Waals surface area contributed by atoms with Gasteiger partial charge in [0.2, 0.25) is 0 Å². The first-order valence-electron chi connectivity index (χ1n) is 8.37. The lowest BCUT2D eigenvalue weighted by molar-refractivity contribution is -0.146. The molecule has 2 atom stereocenters. The minimum absolute atomic E-state index is 0. The highest BCUT2D eigenvalue weighted by Gasteiger charge is 2.27. The van der Waals surface area contributed by atoms with Crippen LogP contribution in [-0.4, -0.2) is 62.9 Å². The number of amides is 1. The normalized spacial score (nSPS) is 24.1. The smallest absolute Gasteiger partial charge is 0.251 e. The third kappa shape index (κ3) is 6.03. The predicted octanol–water partition coefficient (Wildman–Crippen LogP) is 1.84. The minimum atomic E-state index is -0.344. The van der Waals surface area contributed by atoms with Crippen molar-refractivity contribution in [2.75, 3.05) is 39.9 Å². The van der Waals surface area contributed by atoms with E-state index in [-0.39, 0.29) is 30.5 Å². The maximum absolute atomic E-state index is 12.4. The number of ether oxygens (including phenoxy) is 2. The maximum atomic E-state index is 12.4. The van der Waals surface area contributed by atoms with Gasteiger partial charge >= 0.3 is 0 Å². The Morgan fingerprint density at radius 1 is 1.36 bits per heavy atom. The molecule has 2 fully saturated rings. The van der Waals surface area contributed by atoms with Crippen LogP contribution in [-0.2, 0) is 14.3 Å². The van der Waals surface area contributed by atoms with Gasteiger partial charge in [-0.05, 0) is 58.5 Å². The van der Waals surface area contributed by atoms with Crippen LogP contribution in [0.15, 0.2) is 0 Å². The van der Waals surface area contributed by atoms with E-state index in [1.54, 1.807) is 0 Å². The number of nitrogens with zero attached hydrogens (tertiary/aromatic N) is 1. The van der Waals surface area contributed by atoms with Crippen LogP contribution in [0.1, 0.15) is 39.0 Å². The van der Waals surface area contributed by atoms with Gasteiger partial charge in [-0.15, -0.1) is 12.4 Å². The lowest BCUT2D eigenvalue weighted by Crippen LogP contribution is -2.44. The Bertz CT molecular complexity index is 317. The third-order valence-corrected chi connectivity index (χ3v) is 4.63. The van der Waals surface area contributed by atoms with Crippen LogP contribution >= 0.6 is 12.4 Å². The zero-order valence-electron chi connectivity index (χ0n) is 13.9. The van der Waals surface area contributed by atoms with Crippen molar-refractivity contribution in [3.05, 3.63) is 0 Å². The maximum Gasteiger partial charge on any atom is 0.251 e. The van der Waals surface area contributed by atoms with Gasteiger partial charge in [0.15, 0.2) is 0 Å². The zero-order chi connectivity index (χ0) is 15.1. The SMILES string of the molecule is CNCCC1CCN(C(=O)C(C)OCC2CCCO2)CC1.Cl. The van der Waals surface area contributed by atoms with Crippen LogP contribution in [0.4, 0.5) is 0 Å². The largest absolute Gasteiger partial charge is 0.376 e. The van der Waals surface area contributed by atoms with E-state index >= 15 is 0 Å². The Hall–Kier alpha value is -0.360. The highest BCUT2D eigenvalue weighted by Crippen LogP contribution is 2.21. The van der Waals surface area contributed by atoms with Crippen LogP contribution < -0.4 is 5.32 Å². The Balaban J connectivity index is 0.00000242. The molecule has 0 radical (unpaired) electrons. The van der Waals surface area contributed by atoms with Crippen molar-refractivity contribution in [3.63, 3.8) is 0 Å². The summed E-state index contributed by atoms with van der Waals surface area (Å²) >= 11 is 0. The van der Waals surface area contributed by atoms with Gasteiger partial charge in [0.05, 0.1) is 12.7 Å². The van der Waals surface area contributed by atoms with Gasteiger partial charge in [0, 0.05) is 19.7 Å². The molecule has 0 aromatic rings. The minimum Gasteiger partial charge on any atom is -0.376 e. The molecular weight excluding hydrogens is 304 g/mol. The zero-order valence-corrected chi connectivity index (χ0v) is 14.7. The summed E-state index contributed by atoms with van der Waals surface area (Å²) in [4.78, 5) is 14.3. The molecule has 2 aliphatic heterocycles. The lowest BCUT2D eigenvalue weighted by Gasteiger charge is -2.33. The molecule has 0 bridgehead atoms. The quantitative estimate of drug-likeness (QED) is 0.772. The van der Waals surface area contributed by atoms with Crippen LogP contribution in [0.25, 0.3) is 0 Å². The van der Waals surface area contributed by atoms with Crippen molar-refractivity contribution in [1.82, 2.24) is 10.2 Å². The molecular formula is C16H31ClN2O3. The highest BCUT2D eigenvalue weighted by molar-refractivity contribution is 5.85. The molecule has 2 heterocycles. The Morgan fingerprint density at radius 3 is 2.68 bits per heavy atom. The fraction of sp³-hybridized carbons (Fsp3) is 0.938. The number of likely N-dealkylation sites (tertiary alicyclic amines) is 1. The molecule has 0 spiro atoms. The van der Waals surface area contributed by atoms with E-state index in [2.05, 4.69) is 5.32 Å². The summed E-state index contributed by atoms with van der Waals surface area (Å²) in [5, 5.41) is 3.20. The number of halogens is 1. The van der Waals surface area contributed by atoms with Crippen molar-refractivity contribution in [3.8, 4) is 0 Å². The Labute approximate surface area is 140 Å². The summed E-state index contributed by atoms with van der Waals surface area (Å²) in [5.74, 6) is 0.893. The first-order chi connectivity index (χ1) is 10.2. The topological polar surface area (TPSA) is 50.8 Å². The molecule has 0 aromatic heterocycles. The number of nitrogens with one attached hydrogen (secondary N) is 1. The van der Waals surface area contributed by atoms with E-state index in [9.17, 15) is 4.79 Å². The fourth-order valence-electron chi connectivity index (χ4n) is 3.15. The molecule has 6 heteroatoms. The van der Waals surface area contributed by atoms with Gasteiger partial charge in [0.25, 0.3) is 5.91 Å². The molecule has 2 saturated heterocycles. The van der Waals surface area contributed by atoms with E-state index in [1.165, 1.54) is 6.42 Å². The number of carbonyl (C=O) groups excluding carboxylic acids is 1. The molecule has 22 heavy (non-hydrogen) atoms. The number of carbonyl (C=O) groups is 1. The molecule has 130 valence electrons. The van der Waals surface area contributed by atoms with Crippen LogP contribution in [0.2, 0.25) is 0 Å². The van der Waals surface area contributed by atoms with Crippen molar-refractivity contribution >= 4 is 18.3 Å². The summed E-state index contributed by atoms with van der Waals surface area (Å²) in [6, 6.07) is 0. The van der Waals surface area contributed by atoms with Crippen molar-refractivity contribution in [2.24, 2.45) is 5.92 Å². The summed E-state index contributed by atoms with van der Waals surface area (Å²) < 4.78 is 11.2. The average molecular weight is 335 g/mol. The second-order valence-corrected chi connectivity index (χ2v) is 6.27. The van der Waals surface area contributed by atoms with E-state index in [0.29, 0.717) is 6.61 Å². The van der Waals surface area contributed by atoms with Crippen LogP contribution in [0.5, 0.6) is 0 Å². The van der Waals surface area contributed by atoms with E-state index in [1.807, 2.05) is 18.9 Å². The van der Waals surface area contributed by atoms with Gasteiger partial charge in [0.1, 0.15) is 6.10 Å². The van der Waals surface area contributed by atoms with Crippen molar-refractivity contribution in [2.45, 2.75) is 51.2 Å². The molecule has 1 N–H and O–H groups in total.